The lowest BCUT2D eigenvalue weighted by Gasteiger charge is -2.23. The number of hydrogen-bond acceptors (Lipinski definition) is 0. The van der Waals surface area contributed by atoms with Crippen LogP contribution in [0.2, 0.25) is 0 Å². The molecular formula is C11H22. The van der Waals surface area contributed by atoms with Crippen molar-refractivity contribution >= 4 is 0 Å². The van der Waals surface area contributed by atoms with Crippen LogP contribution < -0.4 is 0 Å². The van der Waals surface area contributed by atoms with Gasteiger partial charge >= 0.3 is 0 Å². The first kappa shape index (κ1) is 10.7. The van der Waals surface area contributed by atoms with E-state index in [2.05, 4.69) is 39.8 Å². The number of rotatable bonds is 5. The molecule has 0 bridgehead atoms. The Morgan fingerprint density at radius 3 is 2.18 bits per heavy atom. The van der Waals surface area contributed by atoms with Gasteiger partial charge in [-0.2, -0.15) is 0 Å². The average Bonchev–Trinajstić information content (AvgIpc) is 2.02. The minimum atomic E-state index is 0.463. The lowest BCUT2D eigenvalue weighted by atomic mass is 9.82. The third-order valence-electron chi connectivity index (χ3n) is 2.38. The largest absolute Gasteiger partial charge is 0.0883 e. The summed E-state index contributed by atoms with van der Waals surface area (Å²) in [6.07, 6.45) is 9.71. The predicted molar refractivity (Wildman–Crippen MR) is 52.7 cm³/mol. The van der Waals surface area contributed by atoms with Crippen LogP contribution in [0.25, 0.3) is 0 Å². The third-order valence-corrected chi connectivity index (χ3v) is 2.38. The van der Waals surface area contributed by atoms with Crippen LogP contribution in [0.3, 0.4) is 0 Å². The topological polar surface area (TPSA) is 0 Å². The summed E-state index contributed by atoms with van der Waals surface area (Å²) in [5.74, 6) is 0. The summed E-state index contributed by atoms with van der Waals surface area (Å²) in [5, 5.41) is 0. The van der Waals surface area contributed by atoms with Gasteiger partial charge in [-0.15, -0.1) is 0 Å². The summed E-state index contributed by atoms with van der Waals surface area (Å²) in [6.45, 7) is 9.07. The van der Waals surface area contributed by atoms with Gasteiger partial charge in [-0.3, -0.25) is 0 Å². The Morgan fingerprint density at radius 1 is 1.18 bits per heavy atom. The molecule has 11 heavy (non-hydrogen) atoms. The van der Waals surface area contributed by atoms with E-state index in [0.29, 0.717) is 5.41 Å². The van der Waals surface area contributed by atoms with Crippen LogP contribution in [0, 0.1) is 5.41 Å². The standard InChI is InChI=1S/C11H22/c1-5-8-10-11(4,7-3)9-6-2/h8,10H,5-7,9H2,1-4H3. The molecule has 1 atom stereocenters. The van der Waals surface area contributed by atoms with E-state index >= 15 is 0 Å². The van der Waals surface area contributed by atoms with E-state index in [9.17, 15) is 0 Å². The maximum Gasteiger partial charge on any atom is -0.0149 e. The van der Waals surface area contributed by atoms with Crippen molar-refractivity contribution in [3.8, 4) is 0 Å². The van der Waals surface area contributed by atoms with Gasteiger partial charge in [-0.1, -0.05) is 46.3 Å². The Hall–Kier alpha value is -0.260. The highest BCUT2D eigenvalue weighted by Gasteiger charge is 2.15. The predicted octanol–water partition coefficient (Wildman–Crippen LogP) is 4.17. The Morgan fingerprint density at radius 2 is 1.82 bits per heavy atom. The van der Waals surface area contributed by atoms with Crippen LogP contribution in [-0.2, 0) is 0 Å². The molecule has 0 fully saturated rings. The van der Waals surface area contributed by atoms with Crippen molar-refractivity contribution in [2.24, 2.45) is 5.41 Å². The molecule has 0 heteroatoms. The Bertz CT molecular complexity index is 113. The van der Waals surface area contributed by atoms with Crippen LogP contribution in [0.4, 0.5) is 0 Å². The molecule has 0 aliphatic heterocycles. The minimum Gasteiger partial charge on any atom is -0.0883 e. The highest BCUT2D eigenvalue weighted by atomic mass is 14.2. The zero-order valence-electron chi connectivity index (χ0n) is 8.48. The number of allylic oxidation sites excluding steroid dienone is 2. The van der Waals surface area contributed by atoms with Gasteiger partial charge in [0, 0.05) is 0 Å². The Labute approximate surface area is 71.7 Å². The molecule has 0 saturated carbocycles. The minimum absolute atomic E-state index is 0.463. The first-order valence-electron chi connectivity index (χ1n) is 4.86. The Balaban J connectivity index is 3.97. The summed E-state index contributed by atoms with van der Waals surface area (Å²) in [4.78, 5) is 0. The van der Waals surface area contributed by atoms with Crippen molar-refractivity contribution in [3.05, 3.63) is 12.2 Å². The van der Waals surface area contributed by atoms with E-state index in [1.807, 2.05) is 0 Å². The average molecular weight is 154 g/mol. The SMILES string of the molecule is CCC=CC(C)(CC)CCC. The van der Waals surface area contributed by atoms with E-state index in [1.165, 1.54) is 25.7 Å². The van der Waals surface area contributed by atoms with Crippen molar-refractivity contribution < 1.29 is 0 Å². The van der Waals surface area contributed by atoms with Crippen LogP contribution in [0.1, 0.15) is 53.4 Å². The van der Waals surface area contributed by atoms with Crippen molar-refractivity contribution in [1.29, 1.82) is 0 Å². The molecule has 0 aliphatic carbocycles. The van der Waals surface area contributed by atoms with Crippen molar-refractivity contribution in [2.75, 3.05) is 0 Å². The third kappa shape index (κ3) is 4.23. The summed E-state index contributed by atoms with van der Waals surface area (Å²) in [5.41, 5.74) is 0.463. The molecule has 0 aromatic heterocycles. The van der Waals surface area contributed by atoms with E-state index in [1.54, 1.807) is 0 Å². The maximum absolute atomic E-state index is 2.39. The molecule has 0 radical (unpaired) electrons. The normalized spacial score (nSPS) is 17.1. The van der Waals surface area contributed by atoms with E-state index in [4.69, 9.17) is 0 Å². The van der Waals surface area contributed by atoms with Gasteiger partial charge in [0.25, 0.3) is 0 Å². The highest BCUT2D eigenvalue weighted by Crippen LogP contribution is 2.28. The summed E-state index contributed by atoms with van der Waals surface area (Å²) < 4.78 is 0. The molecule has 0 rings (SSSR count). The fourth-order valence-electron chi connectivity index (χ4n) is 1.35. The smallest absolute Gasteiger partial charge is 0.0149 e. The van der Waals surface area contributed by atoms with Gasteiger partial charge in [-0.05, 0) is 24.7 Å². The molecule has 0 aromatic carbocycles. The van der Waals surface area contributed by atoms with Gasteiger partial charge < -0.3 is 0 Å². The molecule has 0 saturated heterocycles. The highest BCUT2D eigenvalue weighted by molar-refractivity contribution is 4.95. The summed E-state index contributed by atoms with van der Waals surface area (Å²) in [6, 6.07) is 0. The molecule has 66 valence electrons. The molecule has 0 aromatic rings. The van der Waals surface area contributed by atoms with Crippen LogP contribution in [-0.4, -0.2) is 0 Å². The first-order chi connectivity index (χ1) is 5.18. The monoisotopic (exact) mass is 154 g/mol. The first-order valence-corrected chi connectivity index (χ1v) is 4.86. The molecule has 0 heterocycles. The zero-order valence-corrected chi connectivity index (χ0v) is 8.48. The van der Waals surface area contributed by atoms with Crippen LogP contribution in [0.15, 0.2) is 12.2 Å². The molecule has 0 amide bonds. The maximum atomic E-state index is 2.39. The molecule has 0 aliphatic rings. The lowest BCUT2D eigenvalue weighted by Crippen LogP contribution is -2.10. The second-order valence-corrected chi connectivity index (χ2v) is 3.57. The van der Waals surface area contributed by atoms with Gasteiger partial charge in [0.15, 0.2) is 0 Å². The molecular weight excluding hydrogens is 132 g/mol. The summed E-state index contributed by atoms with van der Waals surface area (Å²) >= 11 is 0. The van der Waals surface area contributed by atoms with E-state index < -0.39 is 0 Å². The van der Waals surface area contributed by atoms with Crippen LogP contribution >= 0.6 is 0 Å². The molecule has 0 N–H and O–H groups in total. The van der Waals surface area contributed by atoms with Gasteiger partial charge in [0.1, 0.15) is 0 Å². The Kier molecular flexibility index (Phi) is 5.27. The fraction of sp³-hybridized carbons (Fsp3) is 0.818. The molecule has 0 spiro atoms. The zero-order chi connectivity index (χ0) is 8.74. The van der Waals surface area contributed by atoms with Crippen molar-refractivity contribution in [2.45, 2.75) is 53.4 Å². The van der Waals surface area contributed by atoms with Crippen LogP contribution in [0.5, 0.6) is 0 Å². The van der Waals surface area contributed by atoms with Gasteiger partial charge in [0.2, 0.25) is 0 Å². The quantitative estimate of drug-likeness (QED) is 0.521. The van der Waals surface area contributed by atoms with Crippen molar-refractivity contribution in [1.82, 2.24) is 0 Å². The van der Waals surface area contributed by atoms with Gasteiger partial charge in [-0.25, -0.2) is 0 Å². The van der Waals surface area contributed by atoms with E-state index in [-0.39, 0.29) is 0 Å². The fourth-order valence-corrected chi connectivity index (χ4v) is 1.35. The van der Waals surface area contributed by atoms with Gasteiger partial charge in [0.05, 0.1) is 0 Å². The van der Waals surface area contributed by atoms with E-state index in [0.717, 1.165) is 0 Å². The second kappa shape index (κ2) is 5.40. The number of hydrogen-bond donors (Lipinski definition) is 0. The molecule has 1 unspecified atom stereocenters. The lowest BCUT2D eigenvalue weighted by molar-refractivity contribution is 0.372. The molecule has 0 nitrogen and oxygen atoms in total. The second-order valence-electron chi connectivity index (χ2n) is 3.57. The summed E-state index contributed by atoms with van der Waals surface area (Å²) in [7, 11) is 0. The van der Waals surface area contributed by atoms with Crippen molar-refractivity contribution in [3.63, 3.8) is 0 Å².